The molecule has 2 aliphatic heterocycles. The highest BCUT2D eigenvalue weighted by Gasteiger charge is 2.35. The summed E-state index contributed by atoms with van der Waals surface area (Å²) in [6, 6.07) is 16.0. The minimum atomic E-state index is -0.261. The van der Waals surface area contributed by atoms with E-state index >= 15 is 0 Å². The van der Waals surface area contributed by atoms with Crippen LogP contribution >= 0.6 is 0 Å². The summed E-state index contributed by atoms with van der Waals surface area (Å²) in [6.07, 6.45) is 3.09. The molecule has 4 heteroatoms. The molecule has 2 aromatic carbocycles. The van der Waals surface area contributed by atoms with Crippen LogP contribution in [0.1, 0.15) is 17.5 Å². The van der Waals surface area contributed by atoms with Gasteiger partial charge in [0, 0.05) is 18.7 Å². The lowest BCUT2D eigenvalue weighted by Crippen LogP contribution is -2.53. The molecule has 0 radical (unpaired) electrons. The number of fused-ring (bicyclic) bond motifs is 2. The van der Waals surface area contributed by atoms with E-state index in [-0.39, 0.29) is 11.9 Å². The molecule has 2 unspecified atom stereocenters. The maximum Gasteiger partial charge on any atom is 0.127 e. The second-order valence-corrected chi connectivity index (χ2v) is 6.69. The van der Waals surface area contributed by atoms with Gasteiger partial charge >= 0.3 is 0 Å². The van der Waals surface area contributed by atoms with E-state index in [0.717, 1.165) is 18.5 Å². The fourth-order valence-corrected chi connectivity index (χ4v) is 3.78. The predicted molar refractivity (Wildman–Crippen MR) is 95.9 cm³/mol. The fraction of sp³-hybridized carbons (Fsp3) is 0.333. The number of halogens is 1. The third-order valence-electron chi connectivity index (χ3n) is 5.03. The van der Waals surface area contributed by atoms with Gasteiger partial charge in [0.1, 0.15) is 11.6 Å². The van der Waals surface area contributed by atoms with Crippen LogP contribution in [-0.2, 0) is 11.3 Å². The number of hydrogen-bond acceptors (Lipinski definition) is 3. The molecular weight excluding hydrogens is 317 g/mol. The Balaban J connectivity index is 1.62. The average Bonchev–Trinajstić information content (AvgIpc) is 2.61. The zero-order chi connectivity index (χ0) is 17.2. The third kappa shape index (κ3) is 3.46. The number of rotatable bonds is 4. The summed E-state index contributed by atoms with van der Waals surface area (Å²) in [6.45, 7) is 2.31. The molecule has 130 valence electrons. The molecule has 0 aliphatic carbocycles. The number of morpholine rings is 1. The minimum absolute atomic E-state index is 0.219. The summed E-state index contributed by atoms with van der Waals surface area (Å²) >= 11 is 0. The molecule has 4 rings (SSSR count). The van der Waals surface area contributed by atoms with Gasteiger partial charge < -0.3 is 9.47 Å². The van der Waals surface area contributed by atoms with E-state index < -0.39 is 0 Å². The van der Waals surface area contributed by atoms with Gasteiger partial charge in [0.15, 0.2) is 0 Å². The van der Waals surface area contributed by atoms with Crippen molar-refractivity contribution in [2.24, 2.45) is 0 Å². The first-order valence-electron chi connectivity index (χ1n) is 8.66. The summed E-state index contributed by atoms with van der Waals surface area (Å²) in [4.78, 5) is 2.50. The summed E-state index contributed by atoms with van der Waals surface area (Å²) < 4.78 is 24.9. The van der Waals surface area contributed by atoms with E-state index in [2.05, 4.69) is 35.2 Å². The molecule has 0 amide bonds. The predicted octanol–water partition coefficient (Wildman–Crippen LogP) is 3.89. The van der Waals surface area contributed by atoms with Crippen LogP contribution in [0.25, 0.3) is 5.57 Å². The molecule has 2 atom stereocenters. The first-order valence-corrected chi connectivity index (χ1v) is 8.66. The highest BCUT2D eigenvalue weighted by atomic mass is 19.1. The maximum absolute atomic E-state index is 13.9. The fourth-order valence-electron chi connectivity index (χ4n) is 3.78. The molecule has 2 bridgehead atoms. The Morgan fingerprint density at radius 1 is 1.16 bits per heavy atom. The molecule has 0 spiro atoms. The lowest BCUT2D eigenvalue weighted by Gasteiger charge is -2.44. The number of methoxy groups -OCH3 is 1. The quantitative estimate of drug-likeness (QED) is 0.843. The zero-order valence-electron chi connectivity index (χ0n) is 14.3. The van der Waals surface area contributed by atoms with Crippen molar-refractivity contribution >= 4 is 5.57 Å². The molecule has 0 aromatic heterocycles. The van der Waals surface area contributed by atoms with E-state index in [9.17, 15) is 4.39 Å². The molecule has 2 heterocycles. The molecular formula is C21H22FNO2. The van der Waals surface area contributed by atoms with Crippen molar-refractivity contribution in [2.45, 2.75) is 25.0 Å². The summed E-state index contributed by atoms with van der Waals surface area (Å²) in [5, 5.41) is 0. The number of ether oxygens (including phenoxy) is 2. The van der Waals surface area contributed by atoms with Crippen LogP contribution in [0.4, 0.5) is 4.39 Å². The van der Waals surface area contributed by atoms with Gasteiger partial charge in [-0.05, 0) is 35.3 Å². The monoisotopic (exact) mass is 339 g/mol. The highest BCUT2D eigenvalue weighted by molar-refractivity contribution is 5.69. The van der Waals surface area contributed by atoms with Gasteiger partial charge in [-0.15, -0.1) is 0 Å². The van der Waals surface area contributed by atoms with Crippen molar-refractivity contribution in [3.05, 3.63) is 71.6 Å². The normalized spacial score (nSPS) is 23.2. The number of nitrogens with zero attached hydrogens (tertiary/aromatic N) is 1. The van der Waals surface area contributed by atoms with Crippen LogP contribution < -0.4 is 4.74 Å². The summed E-state index contributed by atoms with van der Waals surface area (Å²) in [5.74, 6) is 0.299. The average molecular weight is 339 g/mol. The molecule has 1 fully saturated rings. The van der Waals surface area contributed by atoms with Crippen LogP contribution in [0, 0.1) is 5.82 Å². The van der Waals surface area contributed by atoms with E-state index in [0.29, 0.717) is 25.0 Å². The van der Waals surface area contributed by atoms with Crippen LogP contribution in [-0.4, -0.2) is 37.3 Å². The molecule has 2 aromatic rings. The van der Waals surface area contributed by atoms with Crippen LogP contribution in [0.15, 0.2) is 54.6 Å². The van der Waals surface area contributed by atoms with Crippen molar-refractivity contribution < 1.29 is 13.9 Å². The van der Waals surface area contributed by atoms with E-state index in [1.54, 1.807) is 13.2 Å². The van der Waals surface area contributed by atoms with Crippen LogP contribution in [0.5, 0.6) is 5.75 Å². The minimum Gasteiger partial charge on any atom is -0.497 e. The SMILES string of the molecule is COc1cc(F)cc(C2=CC3COCC(C2)N3Cc2ccccc2)c1. The van der Waals surface area contributed by atoms with E-state index in [1.807, 2.05) is 12.1 Å². The molecule has 25 heavy (non-hydrogen) atoms. The van der Waals surface area contributed by atoms with Crippen LogP contribution in [0.3, 0.4) is 0 Å². The van der Waals surface area contributed by atoms with E-state index in [1.165, 1.54) is 17.2 Å². The summed E-state index contributed by atoms with van der Waals surface area (Å²) in [5.41, 5.74) is 3.40. The van der Waals surface area contributed by atoms with Crippen molar-refractivity contribution in [1.82, 2.24) is 4.90 Å². The van der Waals surface area contributed by atoms with E-state index in [4.69, 9.17) is 9.47 Å². The van der Waals surface area contributed by atoms with Gasteiger partial charge in [-0.25, -0.2) is 4.39 Å². The lowest BCUT2D eigenvalue weighted by atomic mass is 9.89. The largest absolute Gasteiger partial charge is 0.497 e. The number of hydrogen-bond donors (Lipinski definition) is 0. The Morgan fingerprint density at radius 3 is 2.76 bits per heavy atom. The Bertz CT molecular complexity index is 775. The molecule has 0 N–H and O–H groups in total. The van der Waals surface area contributed by atoms with Crippen molar-refractivity contribution in [3.8, 4) is 5.75 Å². The first kappa shape index (κ1) is 16.3. The second kappa shape index (κ2) is 6.98. The van der Waals surface area contributed by atoms with Gasteiger partial charge in [0.2, 0.25) is 0 Å². The Hall–Kier alpha value is -2.17. The zero-order valence-corrected chi connectivity index (χ0v) is 14.3. The maximum atomic E-state index is 13.9. The summed E-state index contributed by atoms with van der Waals surface area (Å²) in [7, 11) is 1.57. The smallest absolute Gasteiger partial charge is 0.127 e. The topological polar surface area (TPSA) is 21.7 Å². The van der Waals surface area contributed by atoms with Gasteiger partial charge in [-0.3, -0.25) is 4.90 Å². The Morgan fingerprint density at radius 2 is 2.00 bits per heavy atom. The van der Waals surface area contributed by atoms with Gasteiger partial charge in [-0.1, -0.05) is 36.4 Å². The van der Waals surface area contributed by atoms with Crippen molar-refractivity contribution in [3.63, 3.8) is 0 Å². The van der Waals surface area contributed by atoms with Gasteiger partial charge in [0.25, 0.3) is 0 Å². The highest BCUT2D eigenvalue weighted by Crippen LogP contribution is 2.35. The van der Waals surface area contributed by atoms with Gasteiger partial charge in [-0.2, -0.15) is 0 Å². The number of benzene rings is 2. The van der Waals surface area contributed by atoms with Crippen molar-refractivity contribution in [2.75, 3.05) is 20.3 Å². The second-order valence-electron chi connectivity index (χ2n) is 6.69. The molecule has 2 aliphatic rings. The third-order valence-corrected chi connectivity index (χ3v) is 5.03. The van der Waals surface area contributed by atoms with Crippen molar-refractivity contribution in [1.29, 1.82) is 0 Å². The lowest BCUT2D eigenvalue weighted by molar-refractivity contribution is -0.0402. The first-order chi connectivity index (χ1) is 12.2. The Kier molecular flexibility index (Phi) is 4.55. The van der Waals surface area contributed by atoms with Crippen LogP contribution in [0.2, 0.25) is 0 Å². The molecule has 3 nitrogen and oxygen atoms in total. The molecule has 0 saturated carbocycles. The molecule has 1 saturated heterocycles. The standard InChI is InChI=1S/C21H22FNO2/c1-24-21-10-16(7-18(22)11-21)17-8-19-13-25-14-20(9-17)23(19)12-15-5-3-2-4-6-15/h2-8,10-11,19-20H,9,12-14H2,1H3. The van der Waals surface area contributed by atoms with Gasteiger partial charge in [0.05, 0.1) is 26.4 Å². The Labute approximate surface area is 147 Å².